The Labute approximate surface area is 188 Å². The van der Waals surface area contributed by atoms with Crippen molar-refractivity contribution in [2.45, 2.75) is 39.0 Å². The Kier molecular flexibility index (Phi) is 7.85. The van der Waals surface area contributed by atoms with E-state index in [1.807, 2.05) is 13.8 Å². The standard InChI is InChI=1S/C25H30FNO5/c1-4-31-23(28)19-15-18(9-10-22(19)32-16-17(2)3)27-24(29)25(11-13-30-14-12-25)20-7-5-6-8-21(20)26/h5-10,15,17H,4,11-14,16H2,1-3H3,(H,27,29). The first-order valence-electron chi connectivity index (χ1n) is 11.0. The molecule has 2 aromatic rings. The number of amides is 1. The molecule has 0 aromatic heterocycles. The van der Waals surface area contributed by atoms with Crippen LogP contribution in [0, 0.1) is 11.7 Å². The molecule has 0 aliphatic carbocycles. The van der Waals surface area contributed by atoms with Crippen molar-refractivity contribution in [2.24, 2.45) is 5.92 Å². The SMILES string of the molecule is CCOC(=O)c1cc(NC(=O)C2(c3ccccc3F)CCOCC2)ccc1OCC(C)C. The third kappa shape index (κ3) is 5.27. The van der Waals surface area contributed by atoms with E-state index in [4.69, 9.17) is 14.2 Å². The Morgan fingerprint density at radius 2 is 1.88 bits per heavy atom. The van der Waals surface area contributed by atoms with Crippen LogP contribution >= 0.6 is 0 Å². The van der Waals surface area contributed by atoms with Crippen LogP contribution in [0.4, 0.5) is 10.1 Å². The molecule has 32 heavy (non-hydrogen) atoms. The highest BCUT2D eigenvalue weighted by atomic mass is 19.1. The number of esters is 1. The van der Waals surface area contributed by atoms with E-state index in [-0.39, 0.29) is 24.0 Å². The number of hydrogen-bond donors (Lipinski definition) is 1. The molecule has 1 amide bonds. The second-order valence-electron chi connectivity index (χ2n) is 8.26. The van der Waals surface area contributed by atoms with Crippen LogP contribution in [0.3, 0.4) is 0 Å². The highest BCUT2D eigenvalue weighted by molar-refractivity contribution is 6.01. The zero-order valence-electron chi connectivity index (χ0n) is 18.8. The average molecular weight is 444 g/mol. The van der Waals surface area contributed by atoms with Crippen LogP contribution in [-0.4, -0.2) is 38.3 Å². The summed E-state index contributed by atoms with van der Waals surface area (Å²) < 4.78 is 31.0. The topological polar surface area (TPSA) is 73.9 Å². The van der Waals surface area contributed by atoms with Gasteiger partial charge in [0, 0.05) is 24.5 Å². The van der Waals surface area contributed by atoms with Gasteiger partial charge in [-0.3, -0.25) is 4.79 Å². The van der Waals surface area contributed by atoms with E-state index in [0.29, 0.717) is 49.7 Å². The van der Waals surface area contributed by atoms with Crippen LogP contribution in [0.15, 0.2) is 42.5 Å². The van der Waals surface area contributed by atoms with Gasteiger partial charge in [0.05, 0.1) is 18.6 Å². The zero-order valence-corrected chi connectivity index (χ0v) is 18.8. The van der Waals surface area contributed by atoms with Crippen LogP contribution in [0.2, 0.25) is 0 Å². The van der Waals surface area contributed by atoms with Crippen molar-refractivity contribution < 1.29 is 28.2 Å². The summed E-state index contributed by atoms with van der Waals surface area (Å²) >= 11 is 0. The molecule has 0 atom stereocenters. The number of carbonyl (C=O) groups is 2. The summed E-state index contributed by atoms with van der Waals surface area (Å²) in [5, 5.41) is 2.88. The molecule has 2 aromatic carbocycles. The maximum atomic E-state index is 14.7. The van der Waals surface area contributed by atoms with E-state index in [0.717, 1.165) is 0 Å². The monoisotopic (exact) mass is 443 g/mol. The molecule has 0 saturated carbocycles. The Balaban J connectivity index is 1.92. The maximum Gasteiger partial charge on any atom is 0.341 e. The van der Waals surface area contributed by atoms with Gasteiger partial charge in [-0.25, -0.2) is 9.18 Å². The summed E-state index contributed by atoms with van der Waals surface area (Å²) in [6, 6.07) is 11.2. The van der Waals surface area contributed by atoms with Gasteiger partial charge in [0.2, 0.25) is 5.91 Å². The molecular weight excluding hydrogens is 413 g/mol. The van der Waals surface area contributed by atoms with Crippen LogP contribution in [0.25, 0.3) is 0 Å². The van der Waals surface area contributed by atoms with Crippen molar-refractivity contribution in [3.8, 4) is 5.75 Å². The largest absolute Gasteiger partial charge is 0.492 e. The fourth-order valence-electron chi connectivity index (χ4n) is 3.80. The first-order valence-corrected chi connectivity index (χ1v) is 11.0. The van der Waals surface area contributed by atoms with Crippen molar-refractivity contribution >= 4 is 17.6 Å². The molecule has 0 bridgehead atoms. The minimum absolute atomic E-state index is 0.218. The number of nitrogens with one attached hydrogen (secondary N) is 1. The highest BCUT2D eigenvalue weighted by Crippen LogP contribution is 2.38. The molecule has 1 N–H and O–H groups in total. The summed E-state index contributed by atoms with van der Waals surface area (Å²) in [5.74, 6) is -0.619. The second-order valence-corrected chi connectivity index (χ2v) is 8.26. The molecule has 3 rings (SSSR count). The quantitative estimate of drug-likeness (QED) is 0.598. The number of ether oxygens (including phenoxy) is 3. The summed E-state index contributed by atoms with van der Waals surface area (Å²) in [6.07, 6.45) is 0.722. The lowest BCUT2D eigenvalue weighted by molar-refractivity contribution is -0.125. The predicted molar refractivity (Wildman–Crippen MR) is 119 cm³/mol. The molecule has 1 aliphatic heterocycles. The normalized spacial score (nSPS) is 15.3. The molecule has 0 radical (unpaired) electrons. The minimum atomic E-state index is -1.06. The van der Waals surface area contributed by atoms with Crippen molar-refractivity contribution in [3.05, 3.63) is 59.4 Å². The smallest absolute Gasteiger partial charge is 0.341 e. The van der Waals surface area contributed by atoms with Crippen molar-refractivity contribution in [2.75, 3.05) is 31.7 Å². The van der Waals surface area contributed by atoms with Gasteiger partial charge in [0.25, 0.3) is 0 Å². The molecule has 7 heteroatoms. The van der Waals surface area contributed by atoms with Gasteiger partial charge in [0.1, 0.15) is 17.1 Å². The summed E-state index contributed by atoms with van der Waals surface area (Å²) in [7, 11) is 0. The van der Waals surface area contributed by atoms with E-state index < -0.39 is 17.2 Å². The Bertz CT molecular complexity index is 953. The lowest BCUT2D eigenvalue weighted by Gasteiger charge is -2.36. The number of rotatable bonds is 8. The summed E-state index contributed by atoms with van der Waals surface area (Å²) in [5.41, 5.74) is -0.0572. The number of anilines is 1. The molecule has 0 spiro atoms. The predicted octanol–water partition coefficient (Wildman–Crippen LogP) is 4.72. The van der Waals surface area contributed by atoms with Crippen molar-refractivity contribution in [1.82, 2.24) is 0 Å². The lowest BCUT2D eigenvalue weighted by Crippen LogP contribution is -2.45. The molecule has 1 saturated heterocycles. The van der Waals surface area contributed by atoms with Gasteiger partial charge in [-0.1, -0.05) is 32.0 Å². The van der Waals surface area contributed by atoms with Crippen LogP contribution < -0.4 is 10.1 Å². The third-order valence-corrected chi connectivity index (χ3v) is 5.48. The van der Waals surface area contributed by atoms with Gasteiger partial charge >= 0.3 is 5.97 Å². The van der Waals surface area contributed by atoms with E-state index in [1.54, 1.807) is 43.3 Å². The number of halogens is 1. The Morgan fingerprint density at radius 1 is 1.16 bits per heavy atom. The fourth-order valence-corrected chi connectivity index (χ4v) is 3.80. The van der Waals surface area contributed by atoms with Gasteiger partial charge in [-0.05, 0) is 49.9 Å². The average Bonchev–Trinajstić information content (AvgIpc) is 2.79. The highest BCUT2D eigenvalue weighted by Gasteiger charge is 2.43. The summed E-state index contributed by atoms with van der Waals surface area (Å²) in [4.78, 5) is 26.0. The van der Waals surface area contributed by atoms with Gasteiger partial charge in [-0.2, -0.15) is 0 Å². The van der Waals surface area contributed by atoms with Crippen LogP contribution in [0.1, 0.15) is 49.5 Å². The van der Waals surface area contributed by atoms with Crippen LogP contribution in [0.5, 0.6) is 5.75 Å². The van der Waals surface area contributed by atoms with E-state index in [1.165, 1.54) is 6.07 Å². The zero-order chi connectivity index (χ0) is 23.1. The molecular formula is C25H30FNO5. The maximum absolute atomic E-state index is 14.7. The number of hydrogen-bond acceptors (Lipinski definition) is 5. The van der Waals surface area contributed by atoms with Crippen LogP contribution in [-0.2, 0) is 19.7 Å². The van der Waals surface area contributed by atoms with E-state index in [9.17, 15) is 14.0 Å². The van der Waals surface area contributed by atoms with Crippen molar-refractivity contribution in [1.29, 1.82) is 0 Å². The molecule has 1 fully saturated rings. The molecule has 172 valence electrons. The Hall–Kier alpha value is -2.93. The number of carbonyl (C=O) groups excluding carboxylic acids is 2. The first-order chi connectivity index (χ1) is 15.4. The van der Waals surface area contributed by atoms with Crippen molar-refractivity contribution in [3.63, 3.8) is 0 Å². The lowest BCUT2D eigenvalue weighted by atomic mass is 9.73. The van der Waals surface area contributed by atoms with Gasteiger partial charge in [-0.15, -0.1) is 0 Å². The first kappa shape index (κ1) is 23.7. The third-order valence-electron chi connectivity index (χ3n) is 5.48. The van der Waals surface area contributed by atoms with Gasteiger partial charge in [0.15, 0.2) is 0 Å². The summed E-state index contributed by atoms with van der Waals surface area (Å²) in [6.45, 7) is 7.12. The van der Waals surface area contributed by atoms with E-state index in [2.05, 4.69) is 5.32 Å². The Morgan fingerprint density at radius 3 is 2.53 bits per heavy atom. The fraction of sp³-hybridized carbons (Fsp3) is 0.440. The second kappa shape index (κ2) is 10.6. The van der Waals surface area contributed by atoms with E-state index >= 15 is 0 Å². The molecule has 1 heterocycles. The molecule has 6 nitrogen and oxygen atoms in total. The number of benzene rings is 2. The molecule has 0 unspecified atom stereocenters. The minimum Gasteiger partial charge on any atom is -0.492 e. The molecule has 1 aliphatic rings. The van der Waals surface area contributed by atoms with Gasteiger partial charge < -0.3 is 19.5 Å².